The lowest BCUT2D eigenvalue weighted by Gasteiger charge is -2.12. The number of carboxylic acids is 1. The van der Waals surface area contributed by atoms with Crippen molar-refractivity contribution in [1.29, 1.82) is 0 Å². The van der Waals surface area contributed by atoms with Gasteiger partial charge in [0.05, 0.1) is 17.5 Å². The molecule has 2 rings (SSSR count). The Kier molecular flexibility index (Phi) is 5.65. The van der Waals surface area contributed by atoms with Gasteiger partial charge in [0.1, 0.15) is 5.75 Å². The van der Waals surface area contributed by atoms with Crippen LogP contribution >= 0.6 is 22.9 Å². The molecule has 0 radical (unpaired) electrons. The van der Waals surface area contributed by atoms with Gasteiger partial charge in [0, 0.05) is 4.88 Å². The van der Waals surface area contributed by atoms with Gasteiger partial charge in [-0.05, 0) is 42.0 Å². The summed E-state index contributed by atoms with van der Waals surface area (Å²) in [5, 5.41) is 11.8. The highest BCUT2D eigenvalue weighted by atomic mass is 35.5. The van der Waals surface area contributed by atoms with Crippen LogP contribution in [0.4, 0.5) is 0 Å². The van der Waals surface area contributed by atoms with Gasteiger partial charge in [-0.25, -0.2) is 0 Å². The minimum atomic E-state index is -0.820. The van der Waals surface area contributed by atoms with Gasteiger partial charge in [-0.1, -0.05) is 30.7 Å². The number of carbonyl (C=O) groups is 1. The minimum Gasteiger partial charge on any atom is -0.492 e. The lowest BCUT2D eigenvalue weighted by Crippen LogP contribution is -2.13. The molecule has 0 aliphatic rings. The van der Waals surface area contributed by atoms with Crippen LogP contribution in [0, 0.1) is 0 Å². The van der Waals surface area contributed by atoms with Gasteiger partial charge in [-0.2, -0.15) is 0 Å². The topological polar surface area (TPSA) is 46.5 Å². The van der Waals surface area contributed by atoms with Crippen molar-refractivity contribution >= 4 is 28.9 Å². The molecule has 0 saturated carbocycles. The fourth-order valence-corrected chi connectivity index (χ4v) is 3.11. The molecule has 0 amide bonds. The second-order valence-electron chi connectivity index (χ2n) is 4.72. The number of ether oxygens (including phenoxy) is 1. The number of carboxylic acid groups (broad SMARTS) is 1. The number of thiophene rings is 1. The molecule has 0 spiro atoms. The third-order valence-electron chi connectivity index (χ3n) is 3.08. The summed E-state index contributed by atoms with van der Waals surface area (Å²) in [6.45, 7) is 2.65. The normalized spacial score (nSPS) is 12.1. The first-order valence-electron chi connectivity index (χ1n) is 6.79. The van der Waals surface area contributed by atoms with Gasteiger partial charge in [0.15, 0.2) is 0 Å². The van der Waals surface area contributed by atoms with Gasteiger partial charge < -0.3 is 9.84 Å². The second-order valence-corrected chi connectivity index (χ2v) is 6.11. The Morgan fingerprint density at radius 2 is 2.24 bits per heavy atom. The molecular weight excluding hydrogens is 308 g/mol. The van der Waals surface area contributed by atoms with Gasteiger partial charge in [0.2, 0.25) is 0 Å². The third-order valence-corrected chi connectivity index (χ3v) is 4.36. The Bertz CT molecular complexity index is 596. The summed E-state index contributed by atoms with van der Waals surface area (Å²) in [5.74, 6) is -0.714. The van der Waals surface area contributed by atoms with Crippen LogP contribution in [0.25, 0.3) is 0 Å². The predicted molar refractivity (Wildman–Crippen MR) is 85.6 cm³/mol. The van der Waals surface area contributed by atoms with E-state index in [2.05, 4.69) is 0 Å². The first-order chi connectivity index (χ1) is 10.1. The van der Waals surface area contributed by atoms with Crippen LogP contribution in [0.1, 0.15) is 29.7 Å². The van der Waals surface area contributed by atoms with Crippen LogP contribution in [-0.4, -0.2) is 17.7 Å². The van der Waals surface area contributed by atoms with Crippen LogP contribution < -0.4 is 4.74 Å². The maximum Gasteiger partial charge on any atom is 0.312 e. The Hall–Kier alpha value is -1.52. The standard InChI is InChI=1S/C16H17ClO3S/c1-2-7-20-14-6-5-11(10-13(14)17)9-12(16(18)19)15-4-3-8-21-15/h3-6,8,10,12H,2,7,9H2,1H3,(H,18,19). The van der Waals surface area contributed by atoms with E-state index in [1.54, 1.807) is 12.1 Å². The largest absolute Gasteiger partial charge is 0.492 e. The van der Waals surface area contributed by atoms with E-state index >= 15 is 0 Å². The fraction of sp³-hybridized carbons (Fsp3) is 0.312. The average molecular weight is 325 g/mol. The van der Waals surface area contributed by atoms with Crippen molar-refractivity contribution < 1.29 is 14.6 Å². The van der Waals surface area contributed by atoms with E-state index < -0.39 is 11.9 Å². The summed E-state index contributed by atoms with van der Waals surface area (Å²) in [6, 6.07) is 9.19. The van der Waals surface area contributed by atoms with Crippen molar-refractivity contribution in [2.45, 2.75) is 25.7 Å². The molecule has 1 aromatic heterocycles. The molecule has 1 unspecified atom stereocenters. The van der Waals surface area contributed by atoms with E-state index in [0.717, 1.165) is 16.9 Å². The van der Waals surface area contributed by atoms with E-state index in [9.17, 15) is 9.90 Å². The summed E-state index contributed by atoms with van der Waals surface area (Å²) in [6.07, 6.45) is 1.33. The zero-order valence-corrected chi connectivity index (χ0v) is 13.3. The Morgan fingerprint density at radius 3 is 2.81 bits per heavy atom. The molecule has 0 bridgehead atoms. The number of aliphatic carboxylic acids is 1. The number of halogens is 1. The van der Waals surface area contributed by atoms with E-state index in [-0.39, 0.29) is 0 Å². The van der Waals surface area contributed by atoms with E-state index in [1.165, 1.54) is 11.3 Å². The molecule has 1 atom stereocenters. The predicted octanol–water partition coefficient (Wildman–Crippen LogP) is 4.60. The molecule has 5 heteroatoms. The first kappa shape index (κ1) is 15.9. The molecule has 1 heterocycles. The highest BCUT2D eigenvalue weighted by molar-refractivity contribution is 7.10. The zero-order chi connectivity index (χ0) is 15.2. The molecule has 1 N–H and O–H groups in total. The summed E-state index contributed by atoms with van der Waals surface area (Å²) >= 11 is 7.64. The molecule has 21 heavy (non-hydrogen) atoms. The van der Waals surface area contributed by atoms with Crippen LogP contribution in [-0.2, 0) is 11.2 Å². The Labute approximate surface area is 133 Å². The Balaban J connectivity index is 2.14. The lowest BCUT2D eigenvalue weighted by atomic mass is 9.98. The van der Waals surface area contributed by atoms with Crippen molar-refractivity contribution in [2.24, 2.45) is 0 Å². The molecular formula is C16H17ClO3S. The molecule has 1 aromatic carbocycles. The van der Waals surface area contributed by atoms with Crippen LogP contribution in [0.5, 0.6) is 5.75 Å². The Morgan fingerprint density at radius 1 is 1.43 bits per heavy atom. The molecule has 2 aromatic rings. The van der Waals surface area contributed by atoms with Crippen molar-refractivity contribution in [3.8, 4) is 5.75 Å². The van der Waals surface area contributed by atoms with Gasteiger partial charge in [-0.15, -0.1) is 11.3 Å². The molecule has 112 valence electrons. The van der Waals surface area contributed by atoms with E-state index in [0.29, 0.717) is 23.8 Å². The maximum absolute atomic E-state index is 11.4. The molecule has 0 aliphatic carbocycles. The van der Waals surface area contributed by atoms with Gasteiger partial charge >= 0.3 is 5.97 Å². The maximum atomic E-state index is 11.4. The highest BCUT2D eigenvalue weighted by Gasteiger charge is 2.21. The van der Waals surface area contributed by atoms with Crippen molar-refractivity contribution in [3.05, 3.63) is 51.2 Å². The monoisotopic (exact) mass is 324 g/mol. The SMILES string of the molecule is CCCOc1ccc(CC(C(=O)O)c2cccs2)cc1Cl. The van der Waals surface area contributed by atoms with Crippen LogP contribution in [0.2, 0.25) is 5.02 Å². The summed E-state index contributed by atoms with van der Waals surface area (Å²) < 4.78 is 5.52. The fourth-order valence-electron chi connectivity index (χ4n) is 2.04. The molecule has 0 fully saturated rings. The van der Waals surface area contributed by atoms with Crippen molar-refractivity contribution in [3.63, 3.8) is 0 Å². The molecule has 3 nitrogen and oxygen atoms in total. The van der Waals surface area contributed by atoms with E-state index in [4.69, 9.17) is 16.3 Å². The second kappa shape index (κ2) is 7.48. The number of rotatable bonds is 7. The molecule has 0 saturated heterocycles. The van der Waals surface area contributed by atoms with Crippen LogP contribution in [0.3, 0.4) is 0 Å². The lowest BCUT2D eigenvalue weighted by molar-refractivity contribution is -0.138. The van der Waals surface area contributed by atoms with E-state index in [1.807, 2.05) is 30.5 Å². The number of hydrogen-bond donors (Lipinski definition) is 1. The van der Waals surface area contributed by atoms with Gasteiger partial charge in [-0.3, -0.25) is 4.79 Å². The minimum absolute atomic E-state index is 0.420. The quantitative estimate of drug-likeness (QED) is 0.809. The van der Waals surface area contributed by atoms with Gasteiger partial charge in [0.25, 0.3) is 0 Å². The third kappa shape index (κ3) is 4.22. The van der Waals surface area contributed by atoms with Crippen molar-refractivity contribution in [2.75, 3.05) is 6.61 Å². The highest BCUT2D eigenvalue weighted by Crippen LogP contribution is 2.30. The summed E-state index contributed by atoms with van der Waals surface area (Å²) in [4.78, 5) is 12.3. The molecule has 0 aliphatic heterocycles. The van der Waals surface area contributed by atoms with Crippen LogP contribution in [0.15, 0.2) is 35.7 Å². The summed E-state index contributed by atoms with van der Waals surface area (Å²) in [5.41, 5.74) is 0.893. The number of benzene rings is 1. The summed E-state index contributed by atoms with van der Waals surface area (Å²) in [7, 11) is 0. The van der Waals surface area contributed by atoms with Crippen molar-refractivity contribution in [1.82, 2.24) is 0 Å². The average Bonchev–Trinajstić information content (AvgIpc) is 2.97. The smallest absolute Gasteiger partial charge is 0.312 e. The number of hydrogen-bond acceptors (Lipinski definition) is 3. The zero-order valence-electron chi connectivity index (χ0n) is 11.7. The first-order valence-corrected chi connectivity index (χ1v) is 8.05.